The van der Waals surface area contributed by atoms with Crippen LogP contribution in [0.5, 0.6) is 5.75 Å². The number of hydrogen-bond acceptors (Lipinski definition) is 13. The topological polar surface area (TPSA) is 216 Å². The quantitative estimate of drug-likeness (QED) is 0.0778. The lowest BCUT2D eigenvalue weighted by molar-refractivity contribution is -0.125. The zero-order chi connectivity index (χ0) is 42.5. The summed E-state index contributed by atoms with van der Waals surface area (Å²) in [5.74, 6) is 0.816. The number of rotatable bonds is 9. The van der Waals surface area contributed by atoms with E-state index < -0.39 is 23.5 Å². The zero-order valence-corrected chi connectivity index (χ0v) is 34.3. The first kappa shape index (κ1) is 40.3. The van der Waals surface area contributed by atoms with Crippen molar-refractivity contribution in [2.45, 2.75) is 77.0 Å². The normalized spacial score (nSPS) is 17.8. The van der Waals surface area contributed by atoms with Crippen molar-refractivity contribution in [2.24, 2.45) is 0 Å². The SMILES string of the molecule is CC(C)(C)OC(=O)N(c1cc(Cl)nc2c(/C=C3\CC(=O)NC3=O)cnn12)C1CC1.COc1cccc(Nc2cc(NC3CC3)n3ncc(/C=C4\CC(=O)NC4=O)c3n2)c1Cl. The molecule has 5 amide bonds. The van der Waals surface area contributed by atoms with Gasteiger partial charge < -0.3 is 20.1 Å². The third-order valence-corrected chi connectivity index (χ3v) is 10.1. The number of hydrogen-bond donors (Lipinski definition) is 4. The number of fused-ring (bicyclic) bond motifs is 2. The van der Waals surface area contributed by atoms with Crippen LogP contribution in [-0.4, -0.2) is 83.7 Å². The summed E-state index contributed by atoms with van der Waals surface area (Å²) in [6.07, 6.45) is 9.79. The first-order chi connectivity index (χ1) is 28.6. The maximum atomic E-state index is 12.9. The number of aromatic nitrogens is 6. The van der Waals surface area contributed by atoms with Gasteiger partial charge in [-0.1, -0.05) is 29.3 Å². The summed E-state index contributed by atoms with van der Waals surface area (Å²) in [6, 6.07) is 9.25. The molecule has 0 unspecified atom stereocenters. The van der Waals surface area contributed by atoms with E-state index in [-0.39, 0.29) is 35.9 Å². The van der Waals surface area contributed by atoms with Crippen LogP contribution in [0.15, 0.2) is 53.9 Å². The van der Waals surface area contributed by atoms with Gasteiger partial charge in [-0.15, -0.1) is 0 Å². The van der Waals surface area contributed by atoms with E-state index in [1.807, 2.05) is 18.2 Å². The Morgan fingerprint density at radius 1 is 0.883 bits per heavy atom. The summed E-state index contributed by atoms with van der Waals surface area (Å²) >= 11 is 12.7. The third-order valence-electron chi connectivity index (χ3n) is 9.52. The average molecular weight is 857 g/mol. The van der Waals surface area contributed by atoms with E-state index in [0.29, 0.717) is 67.7 Å². The maximum Gasteiger partial charge on any atom is 0.416 e. The lowest BCUT2D eigenvalue weighted by Gasteiger charge is -2.27. The maximum absolute atomic E-state index is 12.9. The van der Waals surface area contributed by atoms with Crippen molar-refractivity contribution in [3.05, 3.63) is 75.2 Å². The molecule has 310 valence electrons. The highest BCUT2D eigenvalue weighted by Crippen LogP contribution is 2.36. The number of carbonyl (C=O) groups is 5. The number of carbonyl (C=O) groups excluding carboxylic acids is 5. The second kappa shape index (κ2) is 15.9. The van der Waals surface area contributed by atoms with Crippen LogP contribution in [0.1, 0.15) is 70.4 Å². The molecule has 0 bridgehead atoms. The molecule has 18 nitrogen and oxygen atoms in total. The number of anilines is 4. The summed E-state index contributed by atoms with van der Waals surface area (Å²) in [4.78, 5) is 70.2. The van der Waals surface area contributed by atoms with E-state index in [1.165, 1.54) is 10.7 Å². The Bertz CT molecular complexity index is 2670. The van der Waals surface area contributed by atoms with Crippen molar-refractivity contribution in [3.8, 4) is 5.75 Å². The van der Waals surface area contributed by atoms with Gasteiger partial charge in [0.2, 0.25) is 11.8 Å². The molecular formula is C40H39Cl2N11O7. The largest absolute Gasteiger partial charge is 0.495 e. The van der Waals surface area contributed by atoms with Crippen LogP contribution in [0.2, 0.25) is 10.2 Å². The summed E-state index contributed by atoms with van der Waals surface area (Å²) in [7, 11) is 1.56. The van der Waals surface area contributed by atoms with Gasteiger partial charge in [-0.3, -0.25) is 34.7 Å². The minimum absolute atomic E-state index is 0.00393. The molecule has 9 rings (SSSR count). The average Bonchev–Trinajstić information content (AvgIpc) is 4.05. The molecule has 2 aliphatic carbocycles. The molecule has 2 aliphatic heterocycles. The van der Waals surface area contributed by atoms with E-state index in [0.717, 1.165) is 31.5 Å². The minimum atomic E-state index is -0.651. The van der Waals surface area contributed by atoms with Gasteiger partial charge in [-0.2, -0.15) is 19.2 Å². The Morgan fingerprint density at radius 2 is 1.50 bits per heavy atom. The van der Waals surface area contributed by atoms with Gasteiger partial charge in [0.25, 0.3) is 11.8 Å². The van der Waals surface area contributed by atoms with E-state index >= 15 is 0 Å². The molecule has 5 aromatic rings. The van der Waals surface area contributed by atoms with Crippen molar-refractivity contribution >= 4 is 99.5 Å². The number of amides is 5. The lowest BCUT2D eigenvalue weighted by Crippen LogP contribution is -2.39. The van der Waals surface area contributed by atoms with E-state index in [4.69, 9.17) is 37.7 Å². The lowest BCUT2D eigenvalue weighted by atomic mass is 10.1. The molecule has 0 spiro atoms. The van der Waals surface area contributed by atoms with Crippen LogP contribution in [-0.2, 0) is 23.9 Å². The number of ether oxygens (including phenoxy) is 2. The van der Waals surface area contributed by atoms with Gasteiger partial charge in [0.05, 0.1) is 38.0 Å². The van der Waals surface area contributed by atoms with Crippen molar-refractivity contribution in [1.29, 1.82) is 0 Å². The van der Waals surface area contributed by atoms with Crippen LogP contribution in [0.4, 0.5) is 27.9 Å². The van der Waals surface area contributed by atoms with Gasteiger partial charge in [0, 0.05) is 46.5 Å². The van der Waals surface area contributed by atoms with Crippen LogP contribution in [0, 0.1) is 0 Å². The highest BCUT2D eigenvalue weighted by atomic mass is 35.5. The first-order valence-corrected chi connectivity index (χ1v) is 19.8. The Kier molecular flexibility index (Phi) is 10.7. The van der Waals surface area contributed by atoms with Gasteiger partial charge in [0.15, 0.2) is 11.3 Å². The molecule has 0 radical (unpaired) electrons. The molecular weight excluding hydrogens is 817 g/mol. The summed E-state index contributed by atoms with van der Waals surface area (Å²) < 4.78 is 14.0. The van der Waals surface area contributed by atoms with Crippen LogP contribution < -0.4 is 30.9 Å². The highest BCUT2D eigenvalue weighted by molar-refractivity contribution is 6.34. The van der Waals surface area contributed by atoms with Crippen molar-refractivity contribution in [3.63, 3.8) is 0 Å². The molecule has 20 heteroatoms. The number of halogens is 2. The van der Waals surface area contributed by atoms with Gasteiger partial charge in [-0.05, 0) is 70.7 Å². The Hall–Kier alpha value is -6.53. The molecule has 60 heavy (non-hydrogen) atoms. The number of benzene rings is 1. The van der Waals surface area contributed by atoms with Crippen molar-refractivity contribution < 1.29 is 33.4 Å². The standard InChI is InChI=1S/C21H19ClN6O3.C19H20ClN5O4/c1-31-15-4-2-3-14(19(15)22)25-16-9-17(24-13-5-6-13)28-20(26-16)12(10-23-28)7-11-8-18(29)27-21(11)30;1-19(2,3)29-18(28)24(12-4-5-12)15-8-13(20)22-16-11(9-21-25(15)16)6-10-7-14(26)23-17(10)27/h2-4,7,9-10,13,24H,5-6,8H2,1H3,(H,25,26)(H,27,29,30);6,8-9,12H,4-5,7H2,1-3H3,(H,23,26,27)/b11-7+;10-6+. The van der Waals surface area contributed by atoms with Gasteiger partial charge >= 0.3 is 6.09 Å². The predicted molar refractivity (Wildman–Crippen MR) is 222 cm³/mol. The molecule has 4 N–H and O–H groups in total. The first-order valence-electron chi connectivity index (χ1n) is 19.0. The number of methoxy groups -OCH3 is 1. The molecule has 2 saturated carbocycles. The Balaban J connectivity index is 0.000000167. The van der Waals surface area contributed by atoms with E-state index in [1.54, 1.807) is 67.8 Å². The van der Waals surface area contributed by atoms with Gasteiger partial charge in [0.1, 0.15) is 39.0 Å². The van der Waals surface area contributed by atoms with Crippen LogP contribution in [0.25, 0.3) is 23.4 Å². The summed E-state index contributed by atoms with van der Waals surface area (Å²) in [6.45, 7) is 5.41. The second-order valence-electron chi connectivity index (χ2n) is 15.5. The molecule has 0 atom stereocenters. The number of nitrogens with zero attached hydrogens (tertiary/aromatic N) is 7. The molecule has 6 heterocycles. The molecule has 1 aromatic carbocycles. The Labute approximate surface area is 352 Å². The van der Waals surface area contributed by atoms with Crippen LogP contribution in [0.3, 0.4) is 0 Å². The number of nitrogens with one attached hydrogen (secondary N) is 4. The Morgan fingerprint density at radius 3 is 2.05 bits per heavy atom. The summed E-state index contributed by atoms with van der Waals surface area (Å²) in [5, 5.41) is 20.6. The van der Waals surface area contributed by atoms with E-state index in [2.05, 4.69) is 36.4 Å². The highest BCUT2D eigenvalue weighted by Gasteiger charge is 2.38. The van der Waals surface area contributed by atoms with Crippen LogP contribution >= 0.6 is 23.2 Å². The number of imide groups is 2. The van der Waals surface area contributed by atoms with Crippen molar-refractivity contribution in [1.82, 2.24) is 39.8 Å². The fraction of sp³-hybridized carbons (Fsp3) is 0.325. The summed E-state index contributed by atoms with van der Waals surface area (Å²) in [5.41, 5.74) is 2.78. The fourth-order valence-electron chi connectivity index (χ4n) is 6.49. The third kappa shape index (κ3) is 8.74. The fourth-order valence-corrected chi connectivity index (χ4v) is 6.92. The molecule has 4 fully saturated rings. The minimum Gasteiger partial charge on any atom is -0.495 e. The molecule has 4 aromatic heterocycles. The molecule has 2 saturated heterocycles. The monoisotopic (exact) mass is 855 g/mol. The van der Waals surface area contributed by atoms with Gasteiger partial charge in [-0.25, -0.2) is 14.8 Å². The van der Waals surface area contributed by atoms with Crippen molar-refractivity contribution in [2.75, 3.05) is 22.6 Å². The predicted octanol–water partition coefficient (Wildman–Crippen LogP) is 5.86. The second-order valence-corrected chi connectivity index (χ2v) is 16.3. The van der Waals surface area contributed by atoms with E-state index in [9.17, 15) is 24.0 Å². The molecule has 4 aliphatic rings. The zero-order valence-electron chi connectivity index (χ0n) is 32.8. The smallest absolute Gasteiger partial charge is 0.416 e.